The van der Waals surface area contributed by atoms with Crippen molar-refractivity contribution in [3.63, 3.8) is 0 Å². The second kappa shape index (κ2) is 7.12. The molecule has 1 saturated heterocycles. The topological polar surface area (TPSA) is 41.1 Å². The highest BCUT2D eigenvalue weighted by Gasteiger charge is 2.20. The predicted molar refractivity (Wildman–Crippen MR) is 66.1 cm³/mol. The fraction of sp³-hybridized carbons (Fsp3) is 0.909. The molecule has 88 valence electrons. The highest BCUT2D eigenvalue weighted by molar-refractivity contribution is 7.98. The number of hydrogen-bond acceptors (Lipinski definition) is 3. The second-order valence-corrected chi connectivity index (χ2v) is 5.26. The van der Waals surface area contributed by atoms with E-state index in [2.05, 4.69) is 23.8 Å². The van der Waals surface area contributed by atoms with Crippen LogP contribution in [0, 0.1) is 11.8 Å². The second-order valence-electron chi connectivity index (χ2n) is 4.35. The van der Waals surface area contributed by atoms with Crippen molar-refractivity contribution >= 4 is 17.7 Å². The molecule has 2 atom stereocenters. The Morgan fingerprint density at radius 3 is 3.07 bits per heavy atom. The lowest BCUT2D eigenvalue weighted by Crippen LogP contribution is -2.41. The van der Waals surface area contributed by atoms with Crippen LogP contribution in [0.25, 0.3) is 0 Å². The maximum atomic E-state index is 11.7. The number of amides is 1. The molecule has 1 heterocycles. The SMILES string of the molecule is CSCC(C)CNC(=O)[C@H]1CCCNC1. The zero-order valence-electron chi connectivity index (χ0n) is 9.71. The molecule has 1 fully saturated rings. The van der Waals surface area contributed by atoms with E-state index >= 15 is 0 Å². The molecule has 0 radical (unpaired) electrons. The van der Waals surface area contributed by atoms with Gasteiger partial charge in [0, 0.05) is 13.1 Å². The number of hydrogen-bond donors (Lipinski definition) is 2. The van der Waals surface area contributed by atoms with Gasteiger partial charge in [-0.1, -0.05) is 6.92 Å². The van der Waals surface area contributed by atoms with E-state index in [1.165, 1.54) is 0 Å². The van der Waals surface area contributed by atoms with E-state index in [1.807, 2.05) is 11.8 Å². The Kier molecular flexibility index (Phi) is 6.10. The Balaban J connectivity index is 2.16. The quantitative estimate of drug-likeness (QED) is 0.743. The summed E-state index contributed by atoms with van der Waals surface area (Å²) in [6.45, 7) is 4.90. The van der Waals surface area contributed by atoms with Crippen molar-refractivity contribution < 1.29 is 4.79 Å². The summed E-state index contributed by atoms with van der Waals surface area (Å²) < 4.78 is 0. The Bertz CT molecular complexity index is 193. The molecule has 3 nitrogen and oxygen atoms in total. The molecule has 0 bridgehead atoms. The van der Waals surface area contributed by atoms with Gasteiger partial charge >= 0.3 is 0 Å². The first-order valence-electron chi connectivity index (χ1n) is 5.71. The van der Waals surface area contributed by atoms with Crippen molar-refractivity contribution in [1.29, 1.82) is 0 Å². The number of carbonyl (C=O) groups excluding carboxylic acids is 1. The van der Waals surface area contributed by atoms with Crippen LogP contribution in [0.5, 0.6) is 0 Å². The van der Waals surface area contributed by atoms with Gasteiger partial charge in [-0.25, -0.2) is 0 Å². The van der Waals surface area contributed by atoms with Gasteiger partial charge < -0.3 is 10.6 Å². The summed E-state index contributed by atoms with van der Waals surface area (Å²) in [5.74, 6) is 2.11. The standard InChI is InChI=1S/C11H22N2OS/c1-9(8-15-2)6-13-11(14)10-4-3-5-12-7-10/h9-10,12H,3-8H2,1-2H3,(H,13,14)/t9?,10-/m0/s1. The molecule has 1 unspecified atom stereocenters. The van der Waals surface area contributed by atoms with Crippen LogP contribution >= 0.6 is 11.8 Å². The summed E-state index contributed by atoms with van der Waals surface area (Å²) >= 11 is 1.83. The largest absolute Gasteiger partial charge is 0.356 e. The van der Waals surface area contributed by atoms with Crippen LogP contribution in [0.3, 0.4) is 0 Å². The molecule has 15 heavy (non-hydrogen) atoms. The van der Waals surface area contributed by atoms with Crippen molar-refractivity contribution in [2.45, 2.75) is 19.8 Å². The van der Waals surface area contributed by atoms with Crippen LogP contribution in [0.2, 0.25) is 0 Å². The first-order chi connectivity index (χ1) is 7.24. The van der Waals surface area contributed by atoms with Gasteiger partial charge in [0.1, 0.15) is 0 Å². The average molecular weight is 230 g/mol. The molecule has 0 saturated carbocycles. The van der Waals surface area contributed by atoms with Gasteiger partial charge in [0.15, 0.2) is 0 Å². The predicted octanol–water partition coefficient (Wildman–Crippen LogP) is 1.10. The lowest BCUT2D eigenvalue weighted by atomic mass is 9.99. The Hall–Kier alpha value is -0.220. The minimum absolute atomic E-state index is 0.195. The molecule has 4 heteroatoms. The number of thioether (sulfide) groups is 1. The van der Waals surface area contributed by atoms with E-state index in [4.69, 9.17) is 0 Å². The van der Waals surface area contributed by atoms with Crippen molar-refractivity contribution in [3.05, 3.63) is 0 Å². The van der Waals surface area contributed by atoms with E-state index in [9.17, 15) is 4.79 Å². The fourth-order valence-electron chi connectivity index (χ4n) is 1.84. The molecule has 0 aromatic carbocycles. The molecule has 0 spiro atoms. The van der Waals surface area contributed by atoms with Gasteiger partial charge in [-0.3, -0.25) is 4.79 Å². The van der Waals surface area contributed by atoms with E-state index in [0.29, 0.717) is 5.92 Å². The minimum atomic E-state index is 0.195. The molecule has 1 aliphatic rings. The van der Waals surface area contributed by atoms with Crippen LogP contribution in [-0.4, -0.2) is 37.6 Å². The Morgan fingerprint density at radius 1 is 1.67 bits per heavy atom. The maximum absolute atomic E-state index is 11.7. The molecule has 0 aliphatic carbocycles. The molecule has 0 aromatic rings. The molecule has 2 N–H and O–H groups in total. The lowest BCUT2D eigenvalue weighted by Gasteiger charge is -2.22. The summed E-state index contributed by atoms with van der Waals surface area (Å²) in [6, 6.07) is 0. The van der Waals surface area contributed by atoms with Gasteiger partial charge in [-0.05, 0) is 37.3 Å². The Morgan fingerprint density at radius 2 is 2.47 bits per heavy atom. The van der Waals surface area contributed by atoms with Gasteiger partial charge in [-0.2, -0.15) is 11.8 Å². The fourth-order valence-corrected chi connectivity index (χ4v) is 2.53. The van der Waals surface area contributed by atoms with Crippen LogP contribution in [0.4, 0.5) is 0 Å². The van der Waals surface area contributed by atoms with Crippen molar-refractivity contribution in [3.8, 4) is 0 Å². The summed E-state index contributed by atoms with van der Waals surface area (Å²) in [4.78, 5) is 11.7. The zero-order chi connectivity index (χ0) is 11.1. The van der Waals surface area contributed by atoms with Gasteiger partial charge in [0.05, 0.1) is 5.92 Å². The third kappa shape index (κ3) is 4.89. The highest BCUT2D eigenvalue weighted by atomic mass is 32.2. The summed E-state index contributed by atoms with van der Waals surface area (Å²) in [6.07, 6.45) is 4.26. The normalized spacial score (nSPS) is 23.5. The summed E-state index contributed by atoms with van der Waals surface area (Å²) in [5, 5.41) is 6.31. The molecule has 0 aromatic heterocycles. The number of rotatable bonds is 5. The minimum Gasteiger partial charge on any atom is -0.356 e. The number of nitrogens with one attached hydrogen (secondary N) is 2. The van der Waals surface area contributed by atoms with E-state index in [1.54, 1.807) is 0 Å². The molecular formula is C11H22N2OS. The van der Waals surface area contributed by atoms with Crippen LogP contribution < -0.4 is 10.6 Å². The zero-order valence-corrected chi connectivity index (χ0v) is 10.5. The van der Waals surface area contributed by atoms with Gasteiger partial charge in [0.2, 0.25) is 5.91 Å². The highest BCUT2D eigenvalue weighted by Crippen LogP contribution is 2.10. The van der Waals surface area contributed by atoms with Gasteiger partial charge in [0.25, 0.3) is 0 Å². The van der Waals surface area contributed by atoms with E-state index < -0.39 is 0 Å². The molecule has 1 aliphatic heterocycles. The van der Waals surface area contributed by atoms with E-state index in [0.717, 1.165) is 38.2 Å². The number of carbonyl (C=O) groups is 1. The van der Waals surface area contributed by atoms with Crippen LogP contribution in [0.15, 0.2) is 0 Å². The summed E-state index contributed by atoms with van der Waals surface area (Å²) in [7, 11) is 0. The average Bonchev–Trinajstić information content (AvgIpc) is 2.27. The van der Waals surface area contributed by atoms with Gasteiger partial charge in [-0.15, -0.1) is 0 Å². The van der Waals surface area contributed by atoms with Crippen molar-refractivity contribution in [2.75, 3.05) is 31.6 Å². The van der Waals surface area contributed by atoms with E-state index in [-0.39, 0.29) is 11.8 Å². The number of piperidine rings is 1. The van der Waals surface area contributed by atoms with Crippen LogP contribution in [0.1, 0.15) is 19.8 Å². The summed E-state index contributed by atoms with van der Waals surface area (Å²) in [5.41, 5.74) is 0. The lowest BCUT2D eigenvalue weighted by molar-refractivity contribution is -0.125. The van der Waals surface area contributed by atoms with Crippen LogP contribution in [-0.2, 0) is 4.79 Å². The molecule has 1 amide bonds. The molecule has 1 rings (SSSR count). The Labute approximate surface area is 96.8 Å². The van der Waals surface area contributed by atoms with Crippen molar-refractivity contribution in [2.24, 2.45) is 11.8 Å². The first-order valence-corrected chi connectivity index (χ1v) is 7.10. The smallest absolute Gasteiger partial charge is 0.224 e. The van der Waals surface area contributed by atoms with Crippen molar-refractivity contribution in [1.82, 2.24) is 10.6 Å². The molecular weight excluding hydrogens is 208 g/mol. The monoisotopic (exact) mass is 230 g/mol. The third-order valence-electron chi connectivity index (χ3n) is 2.74. The third-order valence-corrected chi connectivity index (χ3v) is 3.65. The maximum Gasteiger partial charge on any atom is 0.224 e. The first kappa shape index (κ1) is 12.8.